The van der Waals surface area contributed by atoms with Crippen molar-refractivity contribution >= 4 is 22.8 Å². The van der Waals surface area contributed by atoms with Crippen molar-refractivity contribution in [2.24, 2.45) is 20.6 Å². The molecule has 9 nitrogen and oxygen atoms in total. The van der Waals surface area contributed by atoms with Gasteiger partial charge in [-0.1, -0.05) is 104 Å². The van der Waals surface area contributed by atoms with E-state index in [0.717, 1.165) is 6.42 Å². The van der Waals surface area contributed by atoms with E-state index in [0.29, 0.717) is 22.8 Å². The number of rotatable bonds is 13. The maximum absolute atomic E-state index is 8.03. The van der Waals surface area contributed by atoms with Gasteiger partial charge in [0, 0.05) is 29.2 Å². The molecule has 1 aromatic rings. The Bertz CT molecular complexity index is 597. The van der Waals surface area contributed by atoms with Crippen molar-refractivity contribution < 1.29 is 37.6 Å². The van der Waals surface area contributed by atoms with Crippen LogP contribution in [0.2, 0.25) is 0 Å². The Morgan fingerprint density at radius 2 is 0.865 bits per heavy atom. The van der Waals surface area contributed by atoms with E-state index in [4.69, 9.17) is 20.8 Å². The predicted octanol–water partition coefficient (Wildman–Crippen LogP) is 7.97. The molecule has 1 aromatic heterocycles. The molecule has 0 aromatic carbocycles. The van der Waals surface area contributed by atoms with Crippen LogP contribution in [0.4, 0.5) is 0 Å². The number of oxime groups is 4. The SMILES string of the molecule is CC(=N/O)/C(C)=N/O.CC(=N\O)/C(C)=N/O.[CH2-]CCCCCCCCCCCCC.[Co].c1ccncc1. The average molecular weight is 568 g/mol. The zero-order valence-electron chi connectivity index (χ0n) is 23.4. The molecule has 217 valence electrons. The molecule has 0 aliphatic rings. The molecule has 0 spiro atoms. The van der Waals surface area contributed by atoms with Gasteiger partial charge in [0.05, 0.1) is 0 Å². The van der Waals surface area contributed by atoms with E-state index < -0.39 is 0 Å². The van der Waals surface area contributed by atoms with Gasteiger partial charge in [-0.3, -0.25) is 4.98 Å². The number of unbranched alkanes of at least 4 members (excludes halogenated alkanes) is 11. The largest absolute Gasteiger partial charge is 0.411 e. The topological polar surface area (TPSA) is 143 Å². The van der Waals surface area contributed by atoms with Crippen LogP contribution in [-0.2, 0) is 16.8 Å². The predicted molar refractivity (Wildman–Crippen MR) is 150 cm³/mol. The molecular weight excluding hydrogens is 517 g/mol. The standard InChI is InChI=1S/C14H29.C5H5N.2C4H8N2O2.Co/c1-3-5-7-9-11-13-14-12-10-8-6-4-2;1-2-4-6-5-3-1;2*1-3(5-7)4(2)6-8;/h1,3-14H2,2H3;1-5H;2*7-8H,1-2H3;/q-1;;;;/b;;5-3+,6-4+;5-3-,6-4+;. The van der Waals surface area contributed by atoms with Gasteiger partial charge in [0.25, 0.3) is 0 Å². The summed E-state index contributed by atoms with van der Waals surface area (Å²) in [5.41, 5.74) is 1.25. The molecule has 1 heterocycles. The molecule has 0 saturated heterocycles. The van der Waals surface area contributed by atoms with E-state index in [1.165, 1.54) is 98.3 Å². The van der Waals surface area contributed by atoms with Crippen molar-refractivity contribution in [3.05, 3.63) is 37.5 Å². The molecule has 1 radical (unpaired) electrons. The number of aromatic nitrogens is 1. The fourth-order valence-electron chi connectivity index (χ4n) is 2.44. The van der Waals surface area contributed by atoms with Crippen LogP contribution in [0.3, 0.4) is 0 Å². The first-order chi connectivity index (χ1) is 17.4. The molecule has 0 fully saturated rings. The Kier molecular flexibility index (Phi) is 40.2. The third-order valence-corrected chi connectivity index (χ3v) is 5.07. The number of hydrogen-bond acceptors (Lipinski definition) is 9. The molecule has 0 bridgehead atoms. The van der Waals surface area contributed by atoms with Crippen LogP contribution in [0, 0.1) is 6.92 Å². The number of nitrogens with zero attached hydrogens (tertiary/aromatic N) is 5. The number of hydrogen-bond donors (Lipinski definition) is 4. The minimum atomic E-state index is 0. The van der Waals surface area contributed by atoms with Crippen LogP contribution in [0.25, 0.3) is 0 Å². The Balaban J connectivity index is -0.000000205. The molecule has 0 unspecified atom stereocenters. The Morgan fingerprint density at radius 3 is 1.05 bits per heavy atom. The second-order valence-electron chi connectivity index (χ2n) is 8.16. The third-order valence-electron chi connectivity index (χ3n) is 5.07. The first-order valence-corrected chi connectivity index (χ1v) is 12.8. The maximum Gasteiger partial charge on any atom is 0.101 e. The fourth-order valence-corrected chi connectivity index (χ4v) is 2.44. The van der Waals surface area contributed by atoms with Gasteiger partial charge in [-0.25, -0.2) is 0 Å². The zero-order chi connectivity index (χ0) is 27.9. The van der Waals surface area contributed by atoms with Gasteiger partial charge in [-0.2, -0.15) is 6.42 Å². The Morgan fingerprint density at radius 1 is 0.568 bits per heavy atom. The van der Waals surface area contributed by atoms with Gasteiger partial charge in [-0.05, 0) is 39.8 Å². The van der Waals surface area contributed by atoms with Crippen LogP contribution >= 0.6 is 0 Å². The van der Waals surface area contributed by atoms with Crippen LogP contribution in [-0.4, -0.2) is 48.7 Å². The van der Waals surface area contributed by atoms with Gasteiger partial charge in [0.2, 0.25) is 0 Å². The summed E-state index contributed by atoms with van der Waals surface area (Å²) in [7, 11) is 0. The Labute approximate surface area is 235 Å². The van der Waals surface area contributed by atoms with Gasteiger partial charge in [0.1, 0.15) is 22.8 Å². The van der Waals surface area contributed by atoms with Gasteiger partial charge in [0.15, 0.2) is 0 Å². The quantitative estimate of drug-likeness (QED) is 0.0628. The first kappa shape index (κ1) is 41.7. The van der Waals surface area contributed by atoms with Crippen molar-refractivity contribution in [2.45, 2.75) is 112 Å². The smallest absolute Gasteiger partial charge is 0.101 e. The van der Waals surface area contributed by atoms with Gasteiger partial charge < -0.3 is 27.8 Å². The summed E-state index contributed by atoms with van der Waals surface area (Å²) < 4.78 is 0. The van der Waals surface area contributed by atoms with E-state index >= 15 is 0 Å². The fraction of sp³-hybridized carbons (Fsp3) is 0.630. The second-order valence-corrected chi connectivity index (χ2v) is 8.16. The summed E-state index contributed by atoms with van der Waals surface area (Å²) in [6.45, 7) is 12.3. The molecular formula is C27H50CoN5O4-. The second kappa shape index (κ2) is 35.7. The summed E-state index contributed by atoms with van der Waals surface area (Å²) in [5, 5.41) is 43.3. The summed E-state index contributed by atoms with van der Waals surface area (Å²) in [5.74, 6) is 0. The van der Waals surface area contributed by atoms with Crippen molar-refractivity contribution in [1.82, 2.24) is 4.98 Å². The van der Waals surface area contributed by atoms with E-state index in [1.807, 2.05) is 18.2 Å². The molecule has 1 rings (SSSR count). The molecule has 0 aliphatic carbocycles. The summed E-state index contributed by atoms with van der Waals surface area (Å²) in [6.07, 6.45) is 20.4. The average Bonchev–Trinajstić information content (AvgIpc) is 2.94. The maximum atomic E-state index is 8.03. The third kappa shape index (κ3) is 35.8. The molecule has 0 amide bonds. The molecule has 0 atom stereocenters. The summed E-state index contributed by atoms with van der Waals surface area (Å²) in [6, 6.07) is 5.72. The van der Waals surface area contributed by atoms with Crippen LogP contribution < -0.4 is 0 Å². The normalized spacial score (nSPS) is 11.5. The number of pyridine rings is 1. The van der Waals surface area contributed by atoms with Crippen molar-refractivity contribution in [2.75, 3.05) is 0 Å². The molecule has 37 heavy (non-hydrogen) atoms. The van der Waals surface area contributed by atoms with Crippen LogP contribution in [0.1, 0.15) is 112 Å². The molecule has 10 heteroatoms. The first-order valence-electron chi connectivity index (χ1n) is 12.8. The van der Waals surface area contributed by atoms with E-state index in [2.05, 4.69) is 39.5 Å². The summed E-state index contributed by atoms with van der Waals surface area (Å²) >= 11 is 0. The van der Waals surface area contributed by atoms with Crippen molar-refractivity contribution in [3.8, 4) is 0 Å². The van der Waals surface area contributed by atoms with Crippen LogP contribution in [0.15, 0.2) is 51.2 Å². The van der Waals surface area contributed by atoms with Gasteiger partial charge >= 0.3 is 0 Å². The van der Waals surface area contributed by atoms with Crippen LogP contribution in [0.5, 0.6) is 0 Å². The van der Waals surface area contributed by atoms with E-state index in [9.17, 15) is 0 Å². The molecule has 4 N–H and O–H groups in total. The zero-order valence-corrected chi connectivity index (χ0v) is 24.5. The molecule has 0 aliphatic heterocycles. The summed E-state index contributed by atoms with van der Waals surface area (Å²) in [4.78, 5) is 3.78. The minimum Gasteiger partial charge on any atom is -0.411 e. The van der Waals surface area contributed by atoms with E-state index in [-0.39, 0.29) is 16.8 Å². The molecule has 0 saturated carbocycles. The van der Waals surface area contributed by atoms with Crippen molar-refractivity contribution in [1.29, 1.82) is 0 Å². The van der Waals surface area contributed by atoms with E-state index in [1.54, 1.807) is 12.4 Å². The van der Waals surface area contributed by atoms with Gasteiger partial charge in [-0.15, -0.1) is 0 Å². The Hall–Kier alpha value is -2.46. The van der Waals surface area contributed by atoms with Crippen molar-refractivity contribution in [3.63, 3.8) is 0 Å². The minimum absolute atomic E-state index is 0. The monoisotopic (exact) mass is 567 g/mol.